The topological polar surface area (TPSA) is 62.2 Å². The highest BCUT2D eigenvalue weighted by Gasteiger charge is 2.43. The number of pyridine rings is 1. The number of rotatable bonds is 3. The van der Waals surface area contributed by atoms with Crippen LogP contribution < -0.4 is 4.90 Å². The number of hydrogen-bond donors (Lipinski definition) is 0. The first-order valence-electron chi connectivity index (χ1n) is 8.48. The van der Waals surface area contributed by atoms with Crippen molar-refractivity contribution in [1.82, 2.24) is 20.1 Å². The first-order chi connectivity index (χ1) is 11.7. The van der Waals surface area contributed by atoms with Crippen LogP contribution in [-0.2, 0) is 11.3 Å². The van der Waals surface area contributed by atoms with Gasteiger partial charge in [-0.2, -0.15) is 5.10 Å². The Hall–Kier alpha value is -2.50. The van der Waals surface area contributed by atoms with Crippen molar-refractivity contribution in [2.45, 2.75) is 44.8 Å². The SMILES string of the molecule is Cc1ccc(N2CC[C@@H]3[C@H]2CCC(=O)N3Cc2cccnc2)nn1. The fourth-order valence-electron chi connectivity index (χ4n) is 3.87. The number of carbonyl (C=O) groups excluding carboxylic acids is 1. The summed E-state index contributed by atoms with van der Waals surface area (Å²) in [5.74, 6) is 1.17. The second-order valence-corrected chi connectivity index (χ2v) is 6.57. The maximum absolute atomic E-state index is 12.5. The van der Waals surface area contributed by atoms with E-state index < -0.39 is 0 Å². The fraction of sp³-hybridized carbons (Fsp3) is 0.444. The maximum Gasteiger partial charge on any atom is 0.223 e. The highest BCUT2D eigenvalue weighted by atomic mass is 16.2. The van der Waals surface area contributed by atoms with Gasteiger partial charge in [0.1, 0.15) is 0 Å². The van der Waals surface area contributed by atoms with Crippen LogP contribution in [0.3, 0.4) is 0 Å². The average molecular weight is 323 g/mol. The van der Waals surface area contributed by atoms with Gasteiger partial charge in [0.15, 0.2) is 5.82 Å². The third-order valence-corrected chi connectivity index (χ3v) is 5.04. The van der Waals surface area contributed by atoms with Gasteiger partial charge in [-0.05, 0) is 43.5 Å². The quantitative estimate of drug-likeness (QED) is 0.864. The third kappa shape index (κ3) is 2.72. The number of amides is 1. The van der Waals surface area contributed by atoms with Crippen molar-refractivity contribution in [3.63, 3.8) is 0 Å². The normalized spacial score (nSPS) is 23.5. The molecule has 2 fully saturated rings. The van der Waals surface area contributed by atoms with E-state index in [0.29, 0.717) is 19.0 Å². The minimum absolute atomic E-state index is 0.245. The minimum Gasteiger partial charge on any atom is -0.350 e. The lowest BCUT2D eigenvalue weighted by atomic mass is 9.95. The maximum atomic E-state index is 12.5. The van der Waals surface area contributed by atoms with Crippen molar-refractivity contribution in [1.29, 1.82) is 0 Å². The van der Waals surface area contributed by atoms with Crippen molar-refractivity contribution in [3.8, 4) is 0 Å². The molecule has 0 radical (unpaired) electrons. The molecule has 0 N–H and O–H groups in total. The molecule has 0 spiro atoms. The summed E-state index contributed by atoms with van der Waals surface area (Å²) in [6.45, 7) is 3.50. The minimum atomic E-state index is 0.245. The number of fused-ring (bicyclic) bond motifs is 1. The predicted octanol–water partition coefficient (Wildman–Crippen LogP) is 1.95. The van der Waals surface area contributed by atoms with Crippen LogP contribution in [0.5, 0.6) is 0 Å². The van der Waals surface area contributed by atoms with Crippen LogP contribution in [0.1, 0.15) is 30.5 Å². The Labute approximate surface area is 141 Å². The van der Waals surface area contributed by atoms with Gasteiger partial charge < -0.3 is 9.80 Å². The standard InChI is InChI=1S/C18H21N5O/c1-13-4-6-17(21-20-13)22-10-8-16-15(22)5-7-18(24)23(16)12-14-3-2-9-19-11-14/h2-4,6,9,11,15-16H,5,7-8,10,12H2,1H3/t15-,16-/m1/s1. The molecule has 4 heterocycles. The van der Waals surface area contributed by atoms with E-state index in [2.05, 4.69) is 20.1 Å². The summed E-state index contributed by atoms with van der Waals surface area (Å²) in [6, 6.07) is 8.56. The molecule has 6 heteroatoms. The van der Waals surface area contributed by atoms with Crippen LogP contribution >= 0.6 is 0 Å². The van der Waals surface area contributed by atoms with Crippen molar-refractivity contribution < 1.29 is 4.79 Å². The van der Waals surface area contributed by atoms with Crippen LogP contribution in [0, 0.1) is 6.92 Å². The first kappa shape index (κ1) is 15.1. The number of aryl methyl sites for hydroxylation is 1. The number of hydrogen-bond acceptors (Lipinski definition) is 5. The molecule has 1 amide bonds. The van der Waals surface area contributed by atoms with Crippen molar-refractivity contribution in [2.75, 3.05) is 11.4 Å². The van der Waals surface area contributed by atoms with Gasteiger partial charge in [0, 0.05) is 31.9 Å². The number of likely N-dealkylation sites (tertiary alicyclic amines) is 1. The highest BCUT2D eigenvalue weighted by Crippen LogP contribution is 2.34. The Morgan fingerprint density at radius 2 is 2.08 bits per heavy atom. The highest BCUT2D eigenvalue weighted by molar-refractivity contribution is 5.78. The molecule has 0 bridgehead atoms. The Kier molecular flexibility index (Phi) is 3.88. The van der Waals surface area contributed by atoms with E-state index in [0.717, 1.165) is 36.5 Å². The van der Waals surface area contributed by atoms with E-state index in [-0.39, 0.29) is 11.9 Å². The molecule has 2 aromatic rings. The molecular weight excluding hydrogens is 302 g/mol. The van der Waals surface area contributed by atoms with Crippen molar-refractivity contribution >= 4 is 11.7 Å². The summed E-state index contributed by atoms with van der Waals surface area (Å²) < 4.78 is 0. The second kappa shape index (κ2) is 6.19. The van der Waals surface area contributed by atoms with Crippen LogP contribution in [0.15, 0.2) is 36.7 Å². The van der Waals surface area contributed by atoms with Gasteiger partial charge >= 0.3 is 0 Å². The van der Waals surface area contributed by atoms with Gasteiger partial charge in [-0.15, -0.1) is 5.10 Å². The molecule has 124 valence electrons. The van der Waals surface area contributed by atoms with Crippen molar-refractivity contribution in [2.24, 2.45) is 0 Å². The van der Waals surface area contributed by atoms with E-state index in [9.17, 15) is 4.79 Å². The monoisotopic (exact) mass is 323 g/mol. The molecule has 0 aliphatic carbocycles. The largest absolute Gasteiger partial charge is 0.350 e. The molecule has 2 atom stereocenters. The van der Waals surface area contributed by atoms with E-state index in [4.69, 9.17) is 0 Å². The van der Waals surface area contributed by atoms with Gasteiger partial charge in [-0.1, -0.05) is 6.07 Å². The van der Waals surface area contributed by atoms with Crippen LogP contribution in [0.4, 0.5) is 5.82 Å². The smallest absolute Gasteiger partial charge is 0.223 e. The zero-order chi connectivity index (χ0) is 16.5. The Morgan fingerprint density at radius 1 is 1.17 bits per heavy atom. The number of piperidine rings is 1. The van der Waals surface area contributed by atoms with Gasteiger partial charge in [-0.25, -0.2) is 0 Å². The summed E-state index contributed by atoms with van der Waals surface area (Å²) in [6.07, 6.45) is 6.07. The molecule has 2 aliphatic heterocycles. The number of carbonyl (C=O) groups is 1. The molecule has 24 heavy (non-hydrogen) atoms. The Balaban J connectivity index is 1.56. The molecule has 2 saturated heterocycles. The van der Waals surface area contributed by atoms with Gasteiger partial charge in [0.2, 0.25) is 5.91 Å². The number of nitrogens with zero attached hydrogens (tertiary/aromatic N) is 5. The number of aromatic nitrogens is 3. The molecule has 0 aromatic carbocycles. The van der Waals surface area contributed by atoms with Crippen LogP contribution in [0.25, 0.3) is 0 Å². The third-order valence-electron chi connectivity index (χ3n) is 5.04. The first-order valence-corrected chi connectivity index (χ1v) is 8.48. The summed E-state index contributed by atoms with van der Waals surface area (Å²) in [4.78, 5) is 21.0. The van der Waals surface area contributed by atoms with Gasteiger partial charge in [0.25, 0.3) is 0 Å². The molecule has 0 unspecified atom stereocenters. The van der Waals surface area contributed by atoms with E-state index in [1.54, 1.807) is 6.20 Å². The molecule has 2 aliphatic rings. The fourth-order valence-corrected chi connectivity index (χ4v) is 3.87. The molecule has 6 nitrogen and oxygen atoms in total. The van der Waals surface area contributed by atoms with Crippen LogP contribution in [0.2, 0.25) is 0 Å². The van der Waals surface area contributed by atoms with E-state index >= 15 is 0 Å². The zero-order valence-electron chi connectivity index (χ0n) is 13.8. The molecule has 2 aromatic heterocycles. The summed E-state index contributed by atoms with van der Waals surface area (Å²) in [5, 5.41) is 8.52. The summed E-state index contributed by atoms with van der Waals surface area (Å²) in [7, 11) is 0. The lowest BCUT2D eigenvalue weighted by Gasteiger charge is -2.40. The Bertz CT molecular complexity index is 718. The van der Waals surface area contributed by atoms with E-state index in [1.807, 2.05) is 42.3 Å². The predicted molar refractivity (Wildman–Crippen MR) is 90.3 cm³/mol. The Morgan fingerprint density at radius 3 is 2.83 bits per heavy atom. The summed E-state index contributed by atoms with van der Waals surface area (Å²) in [5.41, 5.74) is 2.01. The van der Waals surface area contributed by atoms with Crippen molar-refractivity contribution in [3.05, 3.63) is 47.9 Å². The molecular formula is C18H21N5O. The van der Waals surface area contributed by atoms with E-state index in [1.165, 1.54) is 0 Å². The van der Waals surface area contributed by atoms with Crippen LogP contribution in [-0.4, -0.2) is 44.6 Å². The zero-order valence-corrected chi connectivity index (χ0v) is 13.8. The molecule has 0 saturated carbocycles. The van der Waals surface area contributed by atoms with Gasteiger partial charge in [0.05, 0.1) is 17.8 Å². The molecule has 4 rings (SSSR count). The average Bonchev–Trinajstić information content (AvgIpc) is 3.03. The lowest BCUT2D eigenvalue weighted by molar-refractivity contribution is -0.137. The number of anilines is 1. The lowest BCUT2D eigenvalue weighted by Crippen LogP contribution is -2.52. The second-order valence-electron chi connectivity index (χ2n) is 6.57. The summed E-state index contributed by atoms with van der Waals surface area (Å²) >= 11 is 0. The van der Waals surface area contributed by atoms with Gasteiger partial charge in [-0.3, -0.25) is 9.78 Å².